The lowest BCUT2D eigenvalue weighted by Crippen LogP contribution is -2.29. The van der Waals surface area contributed by atoms with E-state index >= 15 is 0 Å². The van der Waals surface area contributed by atoms with Gasteiger partial charge < -0.3 is 5.32 Å². The monoisotopic (exact) mass is 343 g/mol. The van der Waals surface area contributed by atoms with Gasteiger partial charge in [-0.1, -0.05) is 18.2 Å². The van der Waals surface area contributed by atoms with Gasteiger partial charge in [0, 0.05) is 11.5 Å². The number of rotatable bonds is 3. The van der Waals surface area contributed by atoms with Crippen LogP contribution in [0.15, 0.2) is 47.3 Å². The zero-order valence-electron chi connectivity index (χ0n) is 13.6. The first kappa shape index (κ1) is 16.8. The lowest BCUT2D eigenvalue weighted by molar-refractivity contribution is 0.102. The second-order valence-corrected chi connectivity index (χ2v) is 5.82. The molecule has 1 aromatic heterocycles. The highest BCUT2D eigenvalue weighted by Gasteiger charge is 2.19. The fraction of sp³-hybridized carbons (Fsp3) is 0.167. The number of carbonyl (C=O) groups is 1. The Balaban J connectivity index is 2.14. The van der Waals surface area contributed by atoms with Crippen molar-refractivity contribution in [3.8, 4) is 0 Å². The second kappa shape index (κ2) is 6.43. The van der Waals surface area contributed by atoms with Crippen molar-refractivity contribution < 1.29 is 13.6 Å². The van der Waals surface area contributed by atoms with Crippen molar-refractivity contribution in [1.29, 1.82) is 0 Å². The lowest BCUT2D eigenvalue weighted by Gasteiger charge is -2.13. The molecule has 0 aliphatic carbocycles. The molecule has 3 aromatic rings. The largest absolute Gasteiger partial charge is 0.318 e. The topological polar surface area (TPSA) is 64.0 Å². The fourth-order valence-electron chi connectivity index (χ4n) is 2.50. The van der Waals surface area contributed by atoms with Gasteiger partial charge in [0.25, 0.3) is 11.5 Å². The van der Waals surface area contributed by atoms with E-state index in [1.54, 1.807) is 38.1 Å². The van der Waals surface area contributed by atoms with Gasteiger partial charge in [-0.2, -0.15) is 5.10 Å². The Hall–Kier alpha value is -3.09. The lowest BCUT2D eigenvalue weighted by atomic mass is 10.1. The van der Waals surface area contributed by atoms with Crippen LogP contribution in [0, 0.1) is 11.6 Å². The van der Waals surface area contributed by atoms with Crippen LogP contribution in [0.25, 0.3) is 10.8 Å². The summed E-state index contributed by atoms with van der Waals surface area (Å²) in [6.45, 7) is 3.52. The van der Waals surface area contributed by atoms with Gasteiger partial charge in [0.2, 0.25) is 0 Å². The Morgan fingerprint density at radius 2 is 1.80 bits per heavy atom. The molecule has 1 heterocycles. The number of amides is 1. The molecular formula is C18H15F2N3O2. The highest BCUT2D eigenvalue weighted by molar-refractivity contribution is 6.11. The summed E-state index contributed by atoms with van der Waals surface area (Å²) in [5.74, 6) is -2.17. The number of aromatic nitrogens is 2. The molecule has 1 amide bonds. The molecule has 0 unspecified atom stereocenters. The van der Waals surface area contributed by atoms with Crippen LogP contribution in [0.2, 0.25) is 0 Å². The molecule has 2 aromatic carbocycles. The molecule has 5 nitrogen and oxygen atoms in total. The Kier molecular flexibility index (Phi) is 4.31. The van der Waals surface area contributed by atoms with Crippen LogP contribution >= 0.6 is 0 Å². The van der Waals surface area contributed by atoms with Crippen molar-refractivity contribution in [3.05, 3.63) is 70.1 Å². The Labute approximate surface area is 141 Å². The van der Waals surface area contributed by atoms with Gasteiger partial charge in [-0.3, -0.25) is 9.59 Å². The molecule has 0 spiro atoms. The molecule has 3 rings (SSSR count). The predicted octanol–water partition coefficient (Wildman–Crippen LogP) is 3.51. The molecule has 7 heteroatoms. The first-order valence-corrected chi connectivity index (χ1v) is 7.66. The number of hydrogen-bond acceptors (Lipinski definition) is 3. The van der Waals surface area contributed by atoms with Crippen molar-refractivity contribution in [3.63, 3.8) is 0 Å². The number of carbonyl (C=O) groups excluding carboxylic acids is 1. The highest BCUT2D eigenvalue weighted by Crippen LogP contribution is 2.19. The van der Waals surface area contributed by atoms with Gasteiger partial charge >= 0.3 is 0 Å². The average Bonchev–Trinajstić information content (AvgIpc) is 2.58. The van der Waals surface area contributed by atoms with Crippen LogP contribution in [0.3, 0.4) is 0 Å². The van der Waals surface area contributed by atoms with Gasteiger partial charge in [-0.05, 0) is 32.0 Å². The highest BCUT2D eigenvalue weighted by atomic mass is 19.1. The quantitative estimate of drug-likeness (QED) is 0.791. The van der Waals surface area contributed by atoms with Gasteiger partial charge in [0.05, 0.1) is 17.1 Å². The van der Waals surface area contributed by atoms with E-state index in [-0.39, 0.29) is 23.0 Å². The third-order valence-corrected chi connectivity index (χ3v) is 3.71. The summed E-state index contributed by atoms with van der Waals surface area (Å²) in [7, 11) is 0. The van der Waals surface area contributed by atoms with E-state index in [9.17, 15) is 18.4 Å². The normalized spacial score (nSPS) is 11.1. The van der Waals surface area contributed by atoms with E-state index in [1.165, 1.54) is 4.68 Å². The summed E-state index contributed by atoms with van der Waals surface area (Å²) in [5, 5.41) is 7.11. The molecule has 0 atom stereocenters. The third kappa shape index (κ3) is 3.13. The first-order chi connectivity index (χ1) is 11.9. The van der Waals surface area contributed by atoms with Crippen molar-refractivity contribution in [2.24, 2.45) is 0 Å². The van der Waals surface area contributed by atoms with E-state index in [0.29, 0.717) is 10.8 Å². The summed E-state index contributed by atoms with van der Waals surface area (Å²) >= 11 is 0. The number of anilines is 1. The molecule has 128 valence electrons. The average molecular weight is 343 g/mol. The molecule has 0 aliphatic heterocycles. The number of halogens is 2. The number of benzene rings is 2. The molecule has 0 fully saturated rings. The number of nitrogens with zero attached hydrogens (tertiary/aromatic N) is 2. The van der Waals surface area contributed by atoms with Crippen LogP contribution in [0.4, 0.5) is 14.5 Å². The zero-order chi connectivity index (χ0) is 18.1. The maximum Gasteiger partial charge on any atom is 0.276 e. The summed E-state index contributed by atoms with van der Waals surface area (Å²) in [4.78, 5) is 25.1. The van der Waals surface area contributed by atoms with E-state index in [1.807, 2.05) is 0 Å². The minimum atomic E-state index is -0.767. The van der Waals surface area contributed by atoms with Gasteiger partial charge in [0.15, 0.2) is 5.69 Å². The molecular weight excluding hydrogens is 328 g/mol. The molecule has 25 heavy (non-hydrogen) atoms. The van der Waals surface area contributed by atoms with Gasteiger partial charge in [0.1, 0.15) is 11.6 Å². The standard InChI is InChI=1S/C18H15F2N3O2/c1-10(2)23-18(25)13-6-4-3-5-12(13)16(22-23)17(24)21-15-9-11(19)7-8-14(15)20/h3-10H,1-2H3,(H,21,24). The maximum atomic E-state index is 13.8. The van der Waals surface area contributed by atoms with Crippen molar-refractivity contribution >= 4 is 22.4 Å². The van der Waals surface area contributed by atoms with E-state index in [0.717, 1.165) is 18.2 Å². The molecule has 0 bridgehead atoms. The van der Waals surface area contributed by atoms with Gasteiger partial charge in [-0.15, -0.1) is 0 Å². The zero-order valence-corrected chi connectivity index (χ0v) is 13.6. The van der Waals surface area contributed by atoms with Crippen LogP contribution in [-0.4, -0.2) is 15.7 Å². The van der Waals surface area contributed by atoms with Crippen molar-refractivity contribution in [2.75, 3.05) is 5.32 Å². The minimum absolute atomic E-state index is 0.0347. The van der Waals surface area contributed by atoms with Crippen molar-refractivity contribution in [1.82, 2.24) is 9.78 Å². The fourth-order valence-corrected chi connectivity index (χ4v) is 2.50. The molecule has 0 saturated carbocycles. The second-order valence-electron chi connectivity index (χ2n) is 5.82. The van der Waals surface area contributed by atoms with E-state index < -0.39 is 17.5 Å². The smallest absolute Gasteiger partial charge is 0.276 e. The van der Waals surface area contributed by atoms with Crippen LogP contribution in [0.5, 0.6) is 0 Å². The summed E-state index contributed by atoms with van der Waals surface area (Å²) in [5.41, 5.74) is -0.648. The van der Waals surface area contributed by atoms with Crippen LogP contribution < -0.4 is 10.9 Å². The summed E-state index contributed by atoms with van der Waals surface area (Å²) in [6, 6.07) is 9.03. The number of hydrogen-bond donors (Lipinski definition) is 1. The maximum absolute atomic E-state index is 13.8. The van der Waals surface area contributed by atoms with E-state index in [2.05, 4.69) is 10.4 Å². The van der Waals surface area contributed by atoms with Crippen LogP contribution in [0.1, 0.15) is 30.4 Å². The minimum Gasteiger partial charge on any atom is -0.318 e. The van der Waals surface area contributed by atoms with Gasteiger partial charge in [-0.25, -0.2) is 13.5 Å². The van der Waals surface area contributed by atoms with Crippen LogP contribution in [-0.2, 0) is 0 Å². The Bertz CT molecular complexity index is 1030. The number of fused-ring (bicyclic) bond motifs is 1. The molecule has 0 saturated heterocycles. The first-order valence-electron chi connectivity index (χ1n) is 7.66. The Morgan fingerprint density at radius 3 is 2.48 bits per heavy atom. The molecule has 0 aliphatic rings. The predicted molar refractivity (Wildman–Crippen MR) is 90.7 cm³/mol. The Morgan fingerprint density at radius 1 is 1.12 bits per heavy atom. The molecule has 0 radical (unpaired) electrons. The molecule has 1 N–H and O–H groups in total. The number of nitrogens with one attached hydrogen (secondary N) is 1. The van der Waals surface area contributed by atoms with Crippen molar-refractivity contribution in [2.45, 2.75) is 19.9 Å². The summed E-state index contributed by atoms with van der Waals surface area (Å²) in [6.07, 6.45) is 0. The SMILES string of the molecule is CC(C)n1nc(C(=O)Nc2cc(F)ccc2F)c2ccccc2c1=O. The van der Waals surface area contributed by atoms with E-state index in [4.69, 9.17) is 0 Å². The summed E-state index contributed by atoms with van der Waals surface area (Å²) < 4.78 is 28.3. The third-order valence-electron chi connectivity index (χ3n) is 3.71.